The molecule has 2 rings (SSSR count). The Labute approximate surface area is 133 Å². The summed E-state index contributed by atoms with van der Waals surface area (Å²) < 4.78 is 17.8. The topological polar surface area (TPSA) is 46.6 Å². The Bertz CT molecular complexity index is 595. The molecule has 1 aliphatic rings. The molecular weight excluding hydrogens is 309 g/mol. The smallest absolute Gasteiger partial charge is 0.308 e. The third-order valence-electron chi connectivity index (χ3n) is 3.70. The molecule has 6 heteroatoms. The van der Waals surface area contributed by atoms with Gasteiger partial charge < -0.3 is 9.64 Å². The molecule has 1 aliphatic heterocycles. The number of ether oxygens (including phenoxy) is 1. The number of carbonyl (C=O) groups excluding carboxylic acids is 2. The lowest BCUT2D eigenvalue weighted by Crippen LogP contribution is -2.39. The second kappa shape index (κ2) is 7.40. The van der Waals surface area contributed by atoms with Crippen LogP contribution in [0.3, 0.4) is 0 Å². The summed E-state index contributed by atoms with van der Waals surface area (Å²) in [5.41, 5.74) is 0.657. The minimum Gasteiger partial charge on any atom is -0.469 e. The van der Waals surface area contributed by atoms with Crippen molar-refractivity contribution in [2.24, 2.45) is 5.92 Å². The number of likely N-dealkylation sites (tertiary alicyclic amines) is 1. The van der Waals surface area contributed by atoms with Crippen molar-refractivity contribution >= 4 is 29.6 Å². The molecule has 0 aliphatic carbocycles. The van der Waals surface area contributed by atoms with Crippen LogP contribution in [-0.2, 0) is 14.3 Å². The summed E-state index contributed by atoms with van der Waals surface area (Å²) in [4.78, 5) is 25.2. The van der Waals surface area contributed by atoms with E-state index in [9.17, 15) is 14.0 Å². The van der Waals surface area contributed by atoms with Crippen molar-refractivity contribution in [1.82, 2.24) is 4.90 Å². The van der Waals surface area contributed by atoms with Gasteiger partial charge in [-0.25, -0.2) is 4.39 Å². The van der Waals surface area contributed by atoms with Crippen LogP contribution in [0.4, 0.5) is 4.39 Å². The highest BCUT2D eigenvalue weighted by atomic mass is 35.5. The Morgan fingerprint density at radius 3 is 2.64 bits per heavy atom. The maximum absolute atomic E-state index is 13.1. The molecule has 1 saturated heterocycles. The number of benzene rings is 1. The molecule has 1 aromatic rings. The summed E-state index contributed by atoms with van der Waals surface area (Å²) in [7, 11) is 1.37. The quantitative estimate of drug-likeness (QED) is 0.634. The maximum Gasteiger partial charge on any atom is 0.308 e. The van der Waals surface area contributed by atoms with E-state index in [0.717, 1.165) is 0 Å². The number of methoxy groups -OCH3 is 1. The molecule has 0 bridgehead atoms. The molecule has 0 atom stereocenters. The van der Waals surface area contributed by atoms with Crippen LogP contribution in [0, 0.1) is 11.7 Å². The SMILES string of the molecule is COC(=O)C1CCN(C(=O)/C=C/c2ccc(F)c(Cl)c2)CC1. The van der Waals surface area contributed by atoms with E-state index in [1.807, 2.05) is 0 Å². The Balaban J connectivity index is 1.91. The first kappa shape index (κ1) is 16.5. The fourth-order valence-electron chi connectivity index (χ4n) is 2.39. The van der Waals surface area contributed by atoms with Gasteiger partial charge in [0.2, 0.25) is 5.91 Å². The van der Waals surface area contributed by atoms with Crippen LogP contribution in [-0.4, -0.2) is 37.0 Å². The van der Waals surface area contributed by atoms with Gasteiger partial charge in [-0.2, -0.15) is 0 Å². The molecule has 1 fully saturated rings. The minimum absolute atomic E-state index is 0.0218. The number of piperidine rings is 1. The molecule has 0 unspecified atom stereocenters. The van der Waals surface area contributed by atoms with Crippen LogP contribution in [0.5, 0.6) is 0 Å². The van der Waals surface area contributed by atoms with Gasteiger partial charge in [0.25, 0.3) is 0 Å². The third kappa shape index (κ3) is 4.07. The zero-order valence-corrected chi connectivity index (χ0v) is 13.0. The van der Waals surface area contributed by atoms with E-state index in [2.05, 4.69) is 0 Å². The molecule has 0 saturated carbocycles. The van der Waals surface area contributed by atoms with Gasteiger partial charge in [0.15, 0.2) is 0 Å². The predicted octanol–water partition coefficient (Wildman–Crippen LogP) is 2.90. The monoisotopic (exact) mass is 325 g/mol. The van der Waals surface area contributed by atoms with Crippen molar-refractivity contribution in [2.45, 2.75) is 12.8 Å². The van der Waals surface area contributed by atoms with Gasteiger partial charge >= 0.3 is 5.97 Å². The summed E-state index contributed by atoms with van der Waals surface area (Å²) in [5.74, 6) is -0.976. The van der Waals surface area contributed by atoms with E-state index in [1.165, 1.54) is 25.3 Å². The number of nitrogens with zero attached hydrogens (tertiary/aromatic N) is 1. The van der Waals surface area contributed by atoms with Crippen molar-refractivity contribution in [3.63, 3.8) is 0 Å². The highest BCUT2D eigenvalue weighted by molar-refractivity contribution is 6.30. The first-order valence-corrected chi connectivity index (χ1v) is 7.39. The number of rotatable bonds is 3. The molecule has 4 nitrogen and oxygen atoms in total. The highest BCUT2D eigenvalue weighted by Crippen LogP contribution is 2.20. The summed E-state index contributed by atoms with van der Waals surface area (Å²) in [5, 5.41) is 0.0218. The number of hydrogen-bond donors (Lipinski definition) is 0. The second-order valence-electron chi connectivity index (χ2n) is 5.13. The van der Waals surface area contributed by atoms with Crippen molar-refractivity contribution in [3.05, 3.63) is 40.7 Å². The summed E-state index contributed by atoms with van der Waals surface area (Å²) in [6.45, 7) is 1.04. The average molecular weight is 326 g/mol. The number of hydrogen-bond acceptors (Lipinski definition) is 3. The molecule has 0 N–H and O–H groups in total. The van der Waals surface area contributed by atoms with Crippen molar-refractivity contribution in [2.75, 3.05) is 20.2 Å². The minimum atomic E-state index is -0.491. The summed E-state index contributed by atoms with van der Waals surface area (Å²) in [6, 6.07) is 4.27. The third-order valence-corrected chi connectivity index (χ3v) is 3.99. The molecule has 0 aromatic heterocycles. The molecule has 0 spiro atoms. The molecule has 1 heterocycles. The fourth-order valence-corrected chi connectivity index (χ4v) is 2.58. The van der Waals surface area contributed by atoms with Crippen LogP contribution in [0.1, 0.15) is 18.4 Å². The predicted molar refractivity (Wildman–Crippen MR) is 81.8 cm³/mol. The lowest BCUT2D eigenvalue weighted by atomic mass is 9.97. The van der Waals surface area contributed by atoms with Gasteiger partial charge in [-0.3, -0.25) is 9.59 Å². The molecule has 118 valence electrons. The van der Waals surface area contributed by atoms with Gasteiger partial charge in [-0.1, -0.05) is 17.7 Å². The van der Waals surface area contributed by atoms with Crippen molar-refractivity contribution in [1.29, 1.82) is 0 Å². The number of halogens is 2. The van der Waals surface area contributed by atoms with E-state index in [-0.39, 0.29) is 22.8 Å². The molecule has 1 aromatic carbocycles. The Kier molecular flexibility index (Phi) is 5.55. The van der Waals surface area contributed by atoms with E-state index in [1.54, 1.807) is 17.0 Å². The van der Waals surface area contributed by atoms with Gasteiger partial charge in [0.1, 0.15) is 5.82 Å². The largest absolute Gasteiger partial charge is 0.469 e. The molecular formula is C16H17ClFNO3. The summed E-state index contributed by atoms with van der Waals surface area (Å²) in [6.07, 6.45) is 4.24. The first-order valence-electron chi connectivity index (χ1n) is 7.01. The Hall–Kier alpha value is -1.88. The van der Waals surface area contributed by atoms with Crippen LogP contribution < -0.4 is 0 Å². The van der Waals surface area contributed by atoms with Crippen LogP contribution in [0.2, 0.25) is 5.02 Å². The second-order valence-corrected chi connectivity index (χ2v) is 5.54. The van der Waals surface area contributed by atoms with Crippen molar-refractivity contribution in [3.8, 4) is 0 Å². The van der Waals surface area contributed by atoms with Crippen LogP contribution in [0.15, 0.2) is 24.3 Å². The van der Waals surface area contributed by atoms with E-state index < -0.39 is 5.82 Å². The van der Waals surface area contributed by atoms with Crippen LogP contribution in [0.25, 0.3) is 6.08 Å². The Morgan fingerprint density at radius 1 is 1.36 bits per heavy atom. The van der Waals surface area contributed by atoms with Gasteiger partial charge in [0, 0.05) is 19.2 Å². The molecule has 0 radical (unpaired) electrons. The van der Waals surface area contributed by atoms with E-state index in [4.69, 9.17) is 16.3 Å². The van der Waals surface area contributed by atoms with Gasteiger partial charge in [0.05, 0.1) is 18.1 Å². The van der Waals surface area contributed by atoms with E-state index in [0.29, 0.717) is 31.5 Å². The first-order chi connectivity index (χ1) is 10.5. The number of carbonyl (C=O) groups is 2. The zero-order chi connectivity index (χ0) is 16.1. The van der Waals surface area contributed by atoms with Crippen LogP contribution >= 0.6 is 11.6 Å². The average Bonchev–Trinajstić information content (AvgIpc) is 2.55. The van der Waals surface area contributed by atoms with Gasteiger partial charge in [-0.15, -0.1) is 0 Å². The highest BCUT2D eigenvalue weighted by Gasteiger charge is 2.26. The normalized spacial score (nSPS) is 16.0. The standard InChI is InChI=1S/C16H17ClFNO3/c1-22-16(21)12-6-8-19(9-7-12)15(20)5-3-11-2-4-14(18)13(17)10-11/h2-5,10,12H,6-9H2,1H3/b5-3+. The maximum atomic E-state index is 13.1. The van der Waals surface area contributed by atoms with E-state index >= 15 is 0 Å². The Morgan fingerprint density at radius 2 is 2.05 bits per heavy atom. The molecule has 22 heavy (non-hydrogen) atoms. The summed E-state index contributed by atoms with van der Waals surface area (Å²) >= 11 is 5.69. The van der Waals surface area contributed by atoms with Crippen molar-refractivity contribution < 1.29 is 18.7 Å². The lowest BCUT2D eigenvalue weighted by molar-refractivity contribution is -0.148. The number of esters is 1. The fraction of sp³-hybridized carbons (Fsp3) is 0.375. The number of amides is 1. The lowest BCUT2D eigenvalue weighted by Gasteiger charge is -2.29. The van der Waals surface area contributed by atoms with Gasteiger partial charge in [-0.05, 0) is 36.6 Å². The zero-order valence-electron chi connectivity index (χ0n) is 12.2. The molecule has 1 amide bonds.